The number of amides is 1. The van der Waals surface area contributed by atoms with Crippen molar-refractivity contribution in [2.24, 2.45) is 17.4 Å². The van der Waals surface area contributed by atoms with Crippen LogP contribution in [0.3, 0.4) is 0 Å². The minimum atomic E-state index is -2.10. The summed E-state index contributed by atoms with van der Waals surface area (Å²) in [7, 11) is 0. The molecule has 0 aromatic rings. The number of aliphatic hydroxyl groups is 2. The number of rotatable bonds is 2. The minimum absolute atomic E-state index is 0.385. The Morgan fingerprint density at radius 1 is 1.26 bits per heavy atom. The van der Waals surface area contributed by atoms with Crippen molar-refractivity contribution in [1.82, 2.24) is 4.90 Å². The van der Waals surface area contributed by atoms with Crippen molar-refractivity contribution in [2.75, 3.05) is 13.1 Å². The van der Waals surface area contributed by atoms with Crippen LogP contribution in [0.2, 0.25) is 0 Å². The number of nitrogens with two attached hydrogens (primary N) is 2. The van der Waals surface area contributed by atoms with E-state index >= 15 is 0 Å². The van der Waals surface area contributed by atoms with Gasteiger partial charge in [-0.05, 0) is 33.6 Å². The van der Waals surface area contributed by atoms with Gasteiger partial charge in [-0.3, -0.25) is 0 Å². The van der Waals surface area contributed by atoms with Crippen molar-refractivity contribution in [3.8, 4) is 0 Å². The van der Waals surface area contributed by atoms with Gasteiger partial charge in [0.05, 0.1) is 0 Å². The molecule has 0 aromatic heterocycles. The molecule has 0 radical (unpaired) electrons. The highest BCUT2D eigenvalue weighted by molar-refractivity contribution is 5.68. The molecule has 0 unspecified atom stereocenters. The lowest BCUT2D eigenvalue weighted by Crippen LogP contribution is -2.60. The number of carbonyl (C=O) groups is 1. The van der Waals surface area contributed by atoms with E-state index in [0.717, 1.165) is 0 Å². The zero-order valence-electron chi connectivity index (χ0n) is 11.8. The van der Waals surface area contributed by atoms with Crippen LogP contribution in [0.1, 0.15) is 33.6 Å². The molecule has 1 amide bonds. The Labute approximate surface area is 113 Å². The van der Waals surface area contributed by atoms with Crippen LogP contribution >= 0.6 is 0 Å². The number of piperidine rings is 1. The van der Waals surface area contributed by atoms with Gasteiger partial charge in [-0.15, -0.1) is 0 Å². The molecule has 1 heterocycles. The Bertz CT molecular complexity index is 317. The molecule has 7 heteroatoms. The maximum absolute atomic E-state index is 11.8. The van der Waals surface area contributed by atoms with E-state index in [9.17, 15) is 15.0 Å². The van der Waals surface area contributed by atoms with E-state index < -0.39 is 23.5 Å². The molecule has 1 fully saturated rings. The zero-order chi connectivity index (χ0) is 14.8. The molecular formula is C12H25N3O4. The Kier molecular flexibility index (Phi) is 4.78. The summed E-state index contributed by atoms with van der Waals surface area (Å²) in [6, 6.07) is 0. The number of likely N-dealkylation sites (tertiary alicyclic amines) is 1. The third-order valence-electron chi connectivity index (χ3n) is 3.24. The van der Waals surface area contributed by atoms with Crippen LogP contribution in [-0.2, 0) is 4.74 Å². The normalized spacial score (nSPS) is 18.8. The molecule has 1 saturated heterocycles. The molecule has 112 valence electrons. The lowest BCUT2D eigenvalue weighted by Gasteiger charge is -2.40. The highest BCUT2D eigenvalue weighted by Crippen LogP contribution is 2.28. The summed E-state index contributed by atoms with van der Waals surface area (Å²) in [6.07, 6.45) is -0.746. The molecule has 0 bridgehead atoms. The summed E-state index contributed by atoms with van der Waals surface area (Å²) in [4.78, 5) is 13.4. The maximum atomic E-state index is 11.8. The van der Waals surface area contributed by atoms with E-state index in [0.29, 0.717) is 25.9 Å². The SMILES string of the molecule is CC(C)(C)OC(=O)N1CCC(C(O)(O)C(N)N)CC1. The number of carbonyl (C=O) groups excluding carboxylic acids is 1. The zero-order valence-corrected chi connectivity index (χ0v) is 11.8. The van der Waals surface area contributed by atoms with Gasteiger partial charge in [0, 0.05) is 19.0 Å². The third kappa shape index (κ3) is 4.31. The van der Waals surface area contributed by atoms with Gasteiger partial charge < -0.3 is 31.3 Å². The number of hydrogen-bond donors (Lipinski definition) is 4. The maximum Gasteiger partial charge on any atom is 0.410 e. The molecule has 0 aromatic carbocycles. The fourth-order valence-electron chi connectivity index (χ4n) is 2.09. The van der Waals surface area contributed by atoms with Crippen LogP contribution in [0.5, 0.6) is 0 Å². The Balaban J connectivity index is 2.52. The lowest BCUT2D eigenvalue weighted by atomic mass is 9.87. The average molecular weight is 275 g/mol. The van der Waals surface area contributed by atoms with Gasteiger partial charge in [-0.1, -0.05) is 0 Å². The summed E-state index contributed by atoms with van der Waals surface area (Å²) in [5.41, 5.74) is 10.2. The summed E-state index contributed by atoms with van der Waals surface area (Å²) >= 11 is 0. The summed E-state index contributed by atoms with van der Waals surface area (Å²) in [5, 5.41) is 19.6. The Morgan fingerprint density at radius 3 is 2.11 bits per heavy atom. The van der Waals surface area contributed by atoms with Crippen molar-refractivity contribution in [2.45, 2.75) is 51.2 Å². The molecule has 0 aliphatic carbocycles. The van der Waals surface area contributed by atoms with E-state index in [2.05, 4.69) is 0 Å². The molecule has 1 aliphatic heterocycles. The van der Waals surface area contributed by atoms with Gasteiger partial charge in [0.25, 0.3) is 0 Å². The molecular weight excluding hydrogens is 250 g/mol. The second-order valence-electron chi connectivity index (χ2n) is 6.05. The van der Waals surface area contributed by atoms with Crippen molar-refractivity contribution in [1.29, 1.82) is 0 Å². The van der Waals surface area contributed by atoms with E-state index in [4.69, 9.17) is 16.2 Å². The molecule has 0 atom stereocenters. The number of ether oxygens (including phenoxy) is 1. The van der Waals surface area contributed by atoms with Gasteiger partial charge >= 0.3 is 6.09 Å². The molecule has 1 rings (SSSR count). The average Bonchev–Trinajstić information content (AvgIpc) is 2.26. The first-order valence-corrected chi connectivity index (χ1v) is 6.48. The molecule has 6 N–H and O–H groups in total. The molecule has 7 nitrogen and oxygen atoms in total. The fourth-order valence-corrected chi connectivity index (χ4v) is 2.09. The lowest BCUT2D eigenvalue weighted by molar-refractivity contribution is -0.221. The topological polar surface area (TPSA) is 122 Å². The Hall–Kier alpha value is -0.890. The smallest absolute Gasteiger partial charge is 0.410 e. The predicted octanol–water partition coefficient (Wildman–Crippen LogP) is -0.442. The second-order valence-corrected chi connectivity index (χ2v) is 6.05. The molecule has 0 saturated carbocycles. The highest BCUT2D eigenvalue weighted by atomic mass is 16.6. The largest absolute Gasteiger partial charge is 0.444 e. The van der Waals surface area contributed by atoms with Crippen molar-refractivity contribution < 1.29 is 19.7 Å². The van der Waals surface area contributed by atoms with E-state index in [-0.39, 0.29) is 6.09 Å². The van der Waals surface area contributed by atoms with Crippen molar-refractivity contribution in [3.63, 3.8) is 0 Å². The first-order valence-electron chi connectivity index (χ1n) is 6.48. The first-order chi connectivity index (χ1) is 8.54. The molecule has 1 aliphatic rings. The third-order valence-corrected chi connectivity index (χ3v) is 3.24. The van der Waals surface area contributed by atoms with Gasteiger partial charge in [0.15, 0.2) is 5.79 Å². The van der Waals surface area contributed by atoms with E-state index in [1.165, 1.54) is 0 Å². The monoisotopic (exact) mass is 275 g/mol. The predicted molar refractivity (Wildman–Crippen MR) is 69.9 cm³/mol. The summed E-state index contributed by atoms with van der Waals surface area (Å²) in [5.74, 6) is -2.54. The second kappa shape index (κ2) is 5.62. The van der Waals surface area contributed by atoms with Gasteiger partial charge in [-0.25, -0.2) is 4.79 Å². The number of hydrogen-bond acceptors (Lipinski definition) is 6. The van der Waals surface area contributed by atoms with Crippen molar-refractivity contribution in [3.05, 3.63) is 0 Å². The van der Waals surface area contributed by atoms with Gasteiger partial charge in [0.2, 0.25) is 0 Å². The van der Waals surface area contributed by atoms with Crippen LogP contribution in [0, 0.1) is 5.92 Å². The first kappa shape index (κ1) is 16.2. The van der Waals surface area contributed by atoms with Gasteiger partial charge in [-0.2, -0.15) is 0 Å². The fraction of sp³-hybridized carbons (Fsp3) is 0.917. The van der Waals surface area contributed by atoms with E-state index in [1.807, 2.05) is 0 Å². The van der Waals surface area contributed by atoms with E-state index in [1.54, 1.807) is 25.7 Å². The summed E-state index contributed by atoms with van der Waals surface area (Å²) in [6.45, 7) is 6.21. The van der Waals surface area contributed by atoms with Gasteiger partial charge in [0.1, 0.15) is 11.8 Å². The van der Waals surface area contributed by atoms with Crippen LogP contribution in [-0.4, -0.2) is 51.8 Å². The van der Waals surface area contributed by atoms with Crippen molar-refractivity contribution >= 4 is 6.09 Å². The molecule has 0 spiro atoms. The number of nitrogens with zero attached hydrogens (tertiary/aromatic N) is 1. The van der Waals surface area contributed by atoms with Crippen LogP contribution in [0.25, 0.3) is 0 Å². The Morgan fingerprint density at radius 2 is 1.74 bits per heavy atom. The molecule has 19 heavy (non-hydrogen) atoms. The summed E-state index contributed by atoms with van der Waals surface area (Å²) < 4.78 is 5.26. The van der Waals surface area contributed by atoms with Crippen LogP contribution < -0.4 is 11.5 Å². The standard InChI is InChI=1S/C12H25N3O4/c1-11(2,3)19-10(16)15-6-4-8(5-7-15)12(17,18)9(13)14/h8-9,17-18H,4-7,13-14H2,1-3H3. The highest BCUT2D eigenvalue weighted by Gasteiger charge is 2.41. The minimum Gasteiger partial charge on any atom is -0.444 e. The van der Waals surface area contributed by atoms with Crippen LogP contribution in [0.4, 0.5) is 4.79 Å². The van der Waals surface area contributed by atoms with Crippen LogP contribution in [0.15, 0.2) is 0 Å². The quantitative estimate of drug-likeness (QED) is 0.507.